The van der Waals surface area contributed by atoms with Crippen LogP contribution in [0.15, 0.2) is 24.3 Å². The lowest BCUT2D eigenvalue weighted by molar-refractivity contribution is -0.157. The second-order valence-electron chi connectivity index (χ2n) is 8.20. The molecule has 3 N–H and O–H groups in total. The molecule has 1 saturated carbocycles. The molecule has 1 aliphatic heterocycles. The molecule has 1 aliphatic carbocycles. The highest BCUT2D eigenvalue weighted by molar-refractivity contribution is 5.86. The van der Waals surface area contributed by atoms with E-state index in [0.29, 0.717) is 31.5 Å². The zero-order chi connectivity index (χ0) is 19.4. The van der Waals surface area contributed by atoms with Crippen LogP contribution in [0.4, 0.5) is 0 Å². The normalized spacial score (nSPS) is 23.0. The highest BCUT2D eigenvalue weighted by atomic mass is 16.3. The highest BCUT2D eigenvalue weighted by Gasteiger charge is 2.41. The van der Waals surface area contributed by atoms with Crippen LogP contribution in [0.25, 0.3) is 0 Å². The van der Waals surface area contributed by atoms with Crippen molar-refractivity contribution in [3.8, 4) is 0 Å². The number of likely N-dealkylation sites (tertiary alicyclic amines) is 1. The molecule has 6 nitrogen and oxygen atoms in total. The van der Waals surface area contributed by atoms with Gasteiger partial charge >= 0.3 is 0 Å². The largest absolute Gasteiger partial charge is 0.379 e. The van der Waals surface area contributed by atoms with E-state index < -0.39 is 5.60 Å². The lowest BCUT2D eigenvalue weighted by Gasteiger charge is -2.38. The molecule has 0 radical (unpaired) electrons. The van der Waals surface area contributed by atoms with Gasteiger partial charge in [-0.05, 0) is 42.7 Å². The minimum Gasteiger partial charge on any atom is -0.379 e. The predicted molar refractivity (Wildman–Crippen MR) is 104 cm³/mol. The van der Waals surface area contributed by atoms with Gasteiger partial charge in [0.2, 0.25) is 5.91 Å². The van der Waals surface area contributed by atoms with E-state index in [2.05, 4.69) is 48.7 Å². The van der Waals surface area contributed by atoms with Gasteiger partial charge in [-0.15, -0.1) is 0 Å². The number of benzene rings is 1. The number of carbonyl (C=O) groups excluding carboxylic acids is 2. The number of rotatable bonds is 8. The first-order valence-electron chi connectivity index (χ1n) is 9.98. The SMILES string of the molecule is CC(C)c1ccc(CN2CCC[C@](O)(CNCC(=O)NC3CC3)C2=O)cc1. The molecule has 2 amide bonds. The van der Waals surface area contributed by atoms with Crippen molar-refractivity contribution in [3.63, 3.8) is 0 Å². The first-order valence-corrected chi connectivity index (χ1v) is 9.98. The lowest BCUT2D eigenvalue weighted by Crippen LogP contribution is -2.58. The number of nitrogens with zero attached hydrogens (tertiary/aromatic N) is 1. The van der Waals surface area contributed by atoms with Gasteiger partial charge in [0.05, 0.1) is 6.54 Å². The lowest BCUT2D eigenvalue weighted by atomic mass is 9.91. The number of piperidine rings is 1. The molecule has 0 aromatic heterocycles. The van der Waals surface area contributed by atoms with Crippen molar-refractivity contribution in [1.29, 1.82) is 0 Å². The number of amides is 2. The van der Waals surface area contributed by atoms with Crippen LogP contribution in [0.3, 0.4) is 0 Å². The Morgan fingerprint density at radius 3 is 2.63 bits per heavy atom. The third kappa shape index (κ3) is 5.30. The second kappa shape index (κ2) is 8.40. The molecule has 0 bridgehead atoms. The zero-order valence-corrected chi connectivity index (χ0v) is 16.3. The van der Waals surface area contributed by atoms with Crippen LogP contribution >= 0.6 is 0 Å². The van der Waals surface area contributed by atoms with Gasteiger partial charge in [-0.25, -0.2) is 0 Å². The minimum absolute atomic E-state index is 0.0774. The predicted octanol–water partition coefficient (Wildman–Crippen LogP) is 1.53. The average Bonchev–Trinajstić information content (AvgIpc) is 3.43. The molecule has 1 aromatic carbocycles. The van der Waals surface area contributed by atoms with Crippen molar-refractivity contribution >= 4 is 11.8 Å². The van der Waals surface area contributed by atoms with E-state index in [1.165, 1.54) is 5.56 Å². The van der Waals surface area contributed by atoms with Crippen LogP contribution in [0.5, 0.6) is 0 Å². The summed E-state index contributed by atoms with van der Waals surface area (Å²) >= 11 is 0. The molecule has 1 aromatic rings. The summed E-state index contributed by atoms with van der Waals surface area (Å²) in [7, 11) is 0. The third-order valence-electron chi connectivity index (χ3n) is 5.37. The Morgan fingerprint density at radius 2 is 2.00 bits per heavy atom. The molecular formula is C21H31N3O3. The van der Waals surface area contributed by atoms with Gasteiger partial charge in [0.25, 0.3) is 5.91 Å². The Balaban J connectivity index is 1.52. The number of hydrogen-bond acceptors (Lipinski definition) is 4. The summed E-state index contributed by atoms with van der Waals surface area (Å²) in [6.45, 7) is 5.69. The Hall–Kier alpha value is -1.92. The van der Waals surface area contributed by atoms with Gasteiger partial charge in [0, 0.05) is 25.7 Å². The first-order chi connectivity index (χ1) is 12.9. The topological polar surface area (TPSA) is 81.7 Å². The summed E-state index contributed by atoms with van der Waals surface area (Å²) in [4.78, 5) is 26.3. The summed E-state index contributed by atoms with van der Waals surface area (Å²) in [6, 6.07) is 8.62. The van der Waals surface area contributed by atoms with Crippen molar-refractivity contribution < 1.29 is 14.7 Å². The number of aliphatic hydroxyl groups is 1. The van der Waals surface area contributed by atoms with E-state index in [1.807, 2.05) is 0 Å². The average molecular weight is 373 g/mol. The monoisotopic (exact) mass is 373 g/mol. The highest BCUT2D eigenvalue weighted by Crippen LogP contribution is 2.24. The maximum atomic E-state index is 12.8. The molecule has 1 atom stereocenters. The minimum atomic E-state index is -1.43. The van der Waals surface area contributed by atoms with Crippen LogP contribution < -0.4 is 10.6 Å². The summed E-state index contributed by atoms with van der Waals surface area (Å²) in [5.41, 5.74) is 0.901. The quantitative estimate of drug-likeness (QED) is 0.646. The second-order valence-corrected chi connectivity index (χ2v) is 8.20. The Morgan fingerprint density at radius 1 is 1.30 bits per heavy atom. The molecule has 0 unspecified atom stereocenters. The maximum Gasteiger partial charge on any atom is 0.256 e. The number of nitrogens with one attached hydrogen (secondary N) is 2. The van der Waals surface area contributed by atoms with E-state index in [0.717, 1.165) is 24.8 Å². The van der Waals surface area contributed by atoms with Gasteiger partial charge in [-0.3, -0.25) is 9.59 Å². The van der Waals surface area contributed by atoms with E-state index in [-0.39, 0.29) is 24.9 Å². The van der Waals surface area contributed by atoms with Crippen molar-refractivity contribution in [1.82, 2.24) is 15.5 Å². The summed E-state index contributed by atoms with van der Waals surface area (Å²) in [6.07, 6.45) is 3.26. The van der Waals surface area contributed by atoms with Gasteiger partial charge in [0.15, 0.2) is 5.60 Å². The molecule has 27 heavy (non-hydrogen) atoms. The van der Waals surface area contributed by atoms with Crippen LogP contribution in [0, 0.1) is 0 Å². The molecule has 6 heteroatoms. The summed E-state index contributed by atoms with van der Waals surface area (Å²) in [5, 5.41) is 16.7. The van der Waals surface area contributed by atoms with Gasteiger partial charge in [-0.2, -0.15) is 0 Å². The molecule has 148 valence electrons. The van der Waals surface area contributed by atoms with Gasteiger partial charge in [0.1, 0.15) is 0 Å². The smallest absolute Gasteiger partial charge is 0.256 e. The molecule has 2 aliphatic rings. The van der Waals surface area contributed by atoms with E-state index in [1.54, 1.807) is 4.90 Å². The summed E-state index contributed by atoms with van der Waals surface area (Å²) < 4.78 is 0. The van der Waals surface area contributed by atoms with E-state index in [4.69, 9.17) is 0 Å². The molecule has 2 fully saturated rings. The van der Waals surface area contributed by atoms with Crippen molar-refractivity contribution in [3.05, 3.63) is 35.4 Å². The van der Waals surface area contributed by atoms with Crippen LogP contribution in [-0.2, 0) is 16.1 Å². The Bertz CT molecular complexity index is 670. The third-order valence-corrected chi connectivity index (χ3v) is 5.37. The van der Waals surface area contributed by atoms with Gasteiger partial charge in [-0.1, -0.05) is 38.1 Å². The standard InChI is InChI=1S/C21H31N3O3/c1-15(2)17-6-4-16(5-7-17)13-24-11-3-10-21(27,20(24)26)14-22-12-19(25)23-18-8-9-18/h4-7,15,18,22,27H,3,8-14H2,1-2H3,(H,23,25)/t21-/m0/s1. The first kappa shape index (κ1) is 19.8. The fraction of sp³-hybridized carbons (Fsp3) is 0.619. The number of carbonyl (C=O) groups is 2. The molecule has 0 spiro atoms. The molecule has 1 heterocycles. The van der Waals surface area contributed by atoms with Crippen LogP contribution in [0.2, 0.25) is 0 Å². The summed E-state index contributed by atoms with van der Waals surface area (Å²) in [5.74, 6) is 0.146. The molecular weight excluding hydrogens is 342 g/mol. The van der Waals surface area contributed by atoms with Crippen LogP contribution in [-0.4, -0.2) is 53.1 Å². The number of hydrogen-bond donors (Lipinski definition) is 3. The maximum absolute atomic E-state index is 12.8. The van der Waals surface area contributed by atoms with Crippen molar-refractivity contribution in [2.45, 2.75) is 63.6 Å². The molecule has 1 saturated heterocycles. The Labute approximate surface area is 161 Å². The van der Waals surface area contributed by atoms with Crippen LogP contribution in [0.1, 0.15) is 56.6 Å². The van der Waals surface area contributed by atoms with Crippen molar-refractivity contribution in [2.75, 3.05) is 19.6 Å². The van der Waals surface area contributed by atoms with Gasteiger partial charge < -0.3 is 20.6 Å². The fourth-order valence-corrected chi connectivity index (χ4v) is 3.50. The Kier molecular flexibility index (Phi) is 6.17. The van der Waals surface area contributed by atoms with E-state index >= 15 is 0 Å². The zero-order valence-electron chi connectivity index (χ0n) is 16.3. The van der Waals surface area contributed by atoms with Crippen molar-refractivity contribution in [2.24, 2.45) is 0 Å². The molecule has 3 rings (SSSR count). The fourth-order valence-electron chi connectivity index (χ4n) is 3.50. The van der Waals surface area contributed by atoms with E-state index in [9.17, 15) is 14.7 Å².